The second-order valence-electron chi connectivity index (χ2n) is 3.60. The van der Waals surface area contributed by atoms with Gasteiger partial charge in [-0.05, 0) is 17.7 Å². The molecule has 0 aliphatic heterocycles. The molecule has 2 rings (SSSR count). The van der Waals surface area contributed by atoms with Gasteiger partial charge < -0.3 is 4.74 Å². The fraction of sp³-hybridized carbons (Fsp3) is 0.0667. The molecule has 0 fully saturated rings. The zero-order valence-electron chi connectivity index (χ0n) is 10.00. The fourth-order valence-corrected chi connectivity index (χ4v) is 2.46. The van der Waals surface area contributed by atoms with Crippen LogP contribution in [0.5, 0.6) is 0 Å². The molecule has 91 valence electrons. The number of hydrogen-bond donors (Lipinski definition) is 0. The summed E-state index contributed by atoms with van der Waals surface area (Å²) in [5, 5.41) is 0.601. The van der Waals surface area contributed by atoms with Crippen LogP contribution >= 0.6 is 11.8 Å². The maximum absolute atomic E-state index is 11.8. The van der Waals surface area contributed by atoms with Crippen molar-refractivity contribution in [2.75, 3.05) is 7.11 Å². The van der Waals surface area contributed by atoms with E-state index in [0.29, 0.717) is 5.25 Å². The van der Waals surface area contributed by atoms with E-state index in [1.54, 1.807) is 0 Å². The first-order valence-corrected chi connectivity index (χ1v) is 6.36. The maximum Gasteiger partial charge on any atom is 0.329 e. The van der Waals surface area contributed by atoms with Gasteiger partial charge in [-0.3, -0.25) is 4.79 Å². The minimum atomic E-state index is -0.310. The first-order valence-electron chi connectivity index (χ1n) is 5.55. The Bertz CT molecular complexity index is 496. The lowest BCUT2D eigenvalue weighted by Gasteiger charge is -2.13. The van der Waals surface area contributed by atoms with Gasteiger partial charge in [0, 0.05) is 4.90 Å². The van der Waals surface area contributed by atoms with E-state index >= 15 is 0 Å². The van der Waals surface area contributed by atoms with E-state index in [-0.39, 0.29) is 5.97 Å². The molecule has 0 aliphatic carbocycles. The molecular weight excluding hydrogens is 244 g/mol. The van der Waals surface area contributed by atoms with Crippen LogP contribution in [0.4, 0.5) is 0 Å². The molecule has 0 bridgehead atoms. The van der Waals surface area contributed by atoms with Crippen LogP contribution in [-0.2, 0) is 9.53 Å². The Morgan fingerprint density at radius 2 is 1.50 bits per heavy atom. The van der Waals surface area contributed by atoms with Crippen molar-refractivity contribution in [2.45, 2.75) is 4.90 Å². The first kappa shape index (κ1) is 12.7. The summed E-state index contributed by atoms with van der Waals surface area (Å²) in [6.07, 6.45) is 0. The van der Waals surface area contributed by atoms with Gasteiger partial charge in [-0.1, -0.05) is 48.5 Å². The van der Waals surface area contributed by atoms with Crippen molar-refractivity contribution in [1.82, 2.24) is 0 Å². The SMILES string of the molecule is COC(=O)[C](Sc1ccccc1)c1ccccc1. The zero-order chi connectivity index (χ0) is 12.8. The molecule has 0 unspecified atom stereocenters. The number of thioether (sulfide) groups is 1. The molecule has 2 nitrogen and oxygen atoms in total. The summed E-state index contributed by atoms with van der Waals surface area (Å²) in [5.74, 6) is -0.310. The van der Waals surface area contributed by atoms with Gasteiger partial charge in [0.15, 0.2) is 5.25 Å². The second kappa shape index (κ2) is 6.26. The van der Waals surface area contributed by atoms with Gasteiger partial charge in [0.25, 0.3) is 0 Å². The molecule has 0 amide bonds. The summed E-state index contributed by atoms with van der Waals surface area (Å²) in [5.41, 5.74) is 0.873. The molecule has 0 saturated carbocycles. The number of benzene rings is 2. The number of rotatable bonds is 4. The third kappa shape index (κ3) is 3.14. The summed E-state index contributed by atoms with van der Waals surface area (Å²) >= 11 is 1.42. The number of carbonyl (C=O) groups excluding carboxylic acids is 1. The monoisotopic (exact) mass is 257 g/mol. The molecule has 1 radical (unpaired) electrons. The summed E-state index contributed by atoms with van der Waals surface area (Å²) < 4.78 is 4.84. The highest BCUT2D eigenvalue weighted by Gasteiger charge is 2.23. The fourth-order valence-electron chi connectivity index (χ4n) is 1.51. The van der Waals surface area contributed by atoms with Crippen LogP contribution in [0.2, 0.25) is 0 Å². The molecule has 0 N–H and O–H groups in total. The van der Waals surface area contributed by atoms with Crippen molar-refractivity contribution in [3.8, 4) is 0 Å². The van der Waals surface area contributed by atoms with Crippen LogP contribution in [0.3, 0.4) is 0 Å². The second-order valence-corrected chi connectivity index (χ2v) is 4.69. The van der Waals surface area contributed by atoms with Crippen molar-refractivity contribution in [3.63, 3.8) is 0 Å². The van der Waals surface area contributed by atoms with Gasteiger partial charge in [0.2, 0.25) is 0 Å². The standard InChI is InChI=1S/C15H13O2S/c1-17-15(16)14(12-8-4-2-5-9-12)18-13-10-6-3-7-11-13/h2-11H,1H3. The van der Waals surface area contributed by atoms with Crippen molar-refractivity contribution in [2.24, 2.45) is 0 Å². The molecule has 2 aromatic rings. The lowest BCUT2D eigenvalue weighted by atomic mass is 10.1. The van der Waals surface area contributed by atoms with Crippen molar-refractivity contribution in [1.29, 1.82) is 0 Å². The average molecular weight is 257 g/mol. The van der Waals surface area contributed by atoms with Crippen LogP contribution in [0, 0.1) is 5.25 Å². The normalized spacial score (nSPS) is 10.3. The Labute approximate surface area is 111 Å². The number of methoxy groups -OCH3 is 1. The van der Waals surface area contributed by atoms with Crippen LogP contribution in [0.15, 0.2) is 65.6 Å². The molecule has 0 heterocycles. The van der Waals surface area contributed by atoms with Crippen molar-refractivity contribution >= 4 is 17.7 Å². The number of esters is 1. The van der Waals surface area contributed by atoms with Gasteiger partial charge in [-0.15, -0.1) is 11.8 Å². The topological polar surface area (TPSA) is 26.3 Å². The highest BCUT2D eigenvalue weighted by Crippen LogP contribution is 2.34. The van der Waals surface area contributed by atoms with Gasteiger partial charge >= 0.3 is 5.97 Å². The van der Waals surface area contributed by atoms with Crippen LogP contribution in [-0.4, -0.2) is 13.1 Å². The van der Waals surface area contributed by atoms with Crippen LogP contribution < -0.4 is 0 Å². The lowest BCUT2D eigenvalue weighted by molar-refractivity contribution is -0.136. The Balaban J connectivity index is 2.24. The smallest absolute Gasteiger partial charge is 0.329 e. The van der Waals surface area contributed by atoms with Gasteiger partial charge in [0.05, 0.1) is 7.11 Å². The summed E-state index contributed by atoms with van der Waals surface area (Å²) in [6, 6.07) is 19.3. The molecule has 0 aliphatic rings. The molecule has 2 aromatic carbocycles. The molecule has 18 heavy (non-hydrogen) atoms. The third-order valence-electron chi connectivity index (χ3n) is 2.37. The molecule has 0 atom stereocenters. The Hall–Kier alpha value is -1.74. The maximum atomic E-state index is 11.8. The first-order chi connectivity index (χ1) is 8.81. The molecular formula is C15H13O2S. The number of hydrogen-bond acceptors (Lipinski definition) is 3. The Kier molecular flexibility index (Phi) is 4.42. The zero-order valence-corrected chi connectivity index (χ0v) is 10.8. The molecule has 3 heteroatoms. The molecule has 0 aromatic heterocycles. The van der Waals surface area contributed by atoms with E-state index in [1.807, 2.05) is 60.7 Å². The average Bonchev–Trinajstić information content (AvgIpc) is 2.46. The lowest BCUT2D eigenvalue weighted by Crippen LogP contribution is -2.11. The number of ether oxygens (including phenoxy) is 1. The van der Waals surface area contributed by atoms with E-state index < -0.39 is 0 Å². The predicted molar refractivity (Wildman–Crippen MR) is 73.1 cm³/mol. The van der Waals surface area contributed by atoms with Gasteiger partial charge in [-0.25, -0.2) is 0 Å². The quantitative estimate of drug-likeness (QED) is 0.619. The third-order valence-corrected chi connectivity index (χ3v) is 3.48. The summed E-state index contributed by atoms with van der Waals surface area (Å²) in [4.78, 5) is 12.9. The minimum Gasteiger partial charge on any atom is -0.468 e. The van der Waals surface area contributed by atoms with Crippen LogP contribution in [0.25, 0.3) is 0 Å². The Morgan fingerprint density at radius 1 is 0.944 bits per heavy atom. The van der Waals surface area contributed by atoms with Crippen LogP contribution in [0.1, 0.15) is 5.56 Å². The summed E-state index contributed by atoms with van der Waals surface area (Å²) in [6.45, 7) is 0. The van der Waals surface area contributed by atoms with E-state index in [1.165, 1.54) is 18.9 Å². The highest BCUT2D eigenvalue weighted by atomic mass is 32.2. The number of carbonyl (C=O) groups is 1. The molecule has 0 spiro atoms. The van der Waals surface area contributed by atoms with E-state index in [9.17, 15) is 4.79 Å². The summed E-state index contributed by atoms with van der Waals surface area (Å²) in [7, 11) is 1.40. The van der Waals surface area contributed by atoms with Crippen molar-refractivity contribution in [3.05, 3.63) is 71.5 Å². The molecule has 0 saturated heterocycles. The Morgan fingerprint density at radius 3 is 2.06 bits per heavy atom. The van der Waals surface area contributed by atoms with Gasteiger partial charge in [-0.2, -0.15) is 0 Å². The van der Waals surface area contributed by atoms with E-state index in [4.69, 9.17) is 4.74 Å². The minimum absolute atomic E-state index is 0.310. The van der Waals surface area contributed by atoms with Gasteiger partial charge in [0.1, 0.15) is 0 Å². The van der Waals surface area contributed by atoms with Crippen molar-refractivity contribution < 1.29 is 9.53 Å². The van der Waals surface area contributed by atoms with E-state index in [0.717, 1.165) is 10.5 Å². The predicted octanol–water partition coefficient (Wildman–Crippen LogP) is 3.53. The largest absolute Gasteiger partial charge is 0.468 e. The highest BCUT2D eigenvalue weighted by molar-refractivity contribution is 8.03. The van der Waals surface area contributed by atoms with E-state index in [2.05, 4.69) is 0 Å².